The number of benzene rings is 1. The highest BCUT2D eigenvalue weighted by Gasteiger charge is 2.13. The lowest BCUT2D eigenvalue weighted by atomic mass is 10.1. The second-order valence-corrected chi connectivity index (χ2v) is 5.34. The maximum atomic E-state index is 11.9. The predicted molar refractivity (Wildman–Crippen MR) is 90.5 cm³/mol. The van der Waals surface area contributed by atoms with E-state index >= 15 is 0 Å². The van der Waals surface area contributed by atoms with E-state index in [1.54, 1.807) is 37.4 Å². The summed E-state index contributed by atoms with van der Waals surface area (Å²) >= 11 is 5.79. The highest BCUT2D eigenvalue weighted by atomic mass is 35.5. The van der Waals surface area contributed by atoms with Gasteiger partial charge >= 0.3 is 0 Å². The van der Waals surface area contributed by atoms with Crippen LogP contribution in [0.25, 0.3) is 0 Å². The van der Waals surface area contributed by atoms with Gasteiger partial charge in [-0.25, -0.2) is 4.98 Å². The third-order valence-electron chi connectivity index (χ3n) is 3.48. The topological polar surface area (TPSA) is 51.7 Å². The van der Waals surface area contributed by atoms with Gasteiger partial charge in [0, 0.05) is 13.5 Å². The van der Waals surface area contributed by atoms with Gasteiger partial charge in [0.1, 0.15) is 5.15 Å². The molecule has 1 heterocycles. The number of methoxy groups -OCH3 is 2. The zero-order valence-electron chi connectivity index (χ0n) is 13.4. The van der Waals surface area contributed by atoms with Crippen LogP contribution in [0.15, 0.2) is 36.5 Å². The van der Waals surface area contributed by atoms with E-state index in [1.165, 1.54) is 6.92 Å². The minimum Gasteiger partial charge on any atom is -0.493 e. The molecule has 0 spiro atoms. The molecule has 0 aliphatic heterocycles. The largest absolute Gasteiger partial charge is 0.493 e. The van der Waals surface area contributed by atoms with Gasteiger partial charge in [0.25, 0.3) is 0 Å². The summed E-state index contributed by atoms with van der Waals surface area (Å²) < 4.78 is 10.5. The zero-order valence-corrected chi connectivity index (χ0v) is 14.1. The Kier molecular flexibility index (Phi) is 5.82. The maximum absolute atomic E-state index is 11.9. The molecule has 1 aromatic heterocycles. The van der Waals surface area contributed by atoms with Crippen molar-refractivity contribution in [3.8, 4) is 11.5 Å². The van der Waals surface area contributed by atoms with Crippen LogP contribution in [0.1, 0.15) is 12.5 Å². The summed E-state index contributed by atoms with van der Waals surface area (Å²) in [6.45, 7) is 2.07. The van der Waals surface area contributed by atoms with Crippen molar-refractivity contribution in [2.24, 2.45) is 0 Å². The fraction of sp³-hybridized carbons (Fsp3) is 0.294. The van der Waals surface area contributed by atoms with E-state index in [0.29, 0.717) is 29.6 Å². The van der Waals surface area contributed by atoms with E-state index in [9.17, 15) is 4.79 Å². The Morgan fingerprint density at radius 2 is 1.91 bits per heavy atom. The van der Waals surface area contributed by atoms with Crippen LogP contribution in [0, 0.1) is 0 Å². The van der Waals surface area contributed by atoms with Crippen molar-refractivity contribution in [1.29, 1.82) is 0 Å². The standard InChI is InChI=1S/C17H19ClN2O3/c1-12(21)20(14-5-7-17(18)19-11-14)9-8-13-4-6-15(22-2)16(10-13)23-3/h4-7,10-11H,8-9H2,1-3H3. The quantitative estimate of drug-likeness (QED) is 0.760. The number of hydrogen-bond donors (Lipinski definition) is 0. The Balaban J connectivity index is 2.13. The van der Waals surface area contributed by atoms with Crippen molar-refractivity contribution in [2.45, 2.75) is 13.3 Å². The van der Waals surface area contributed by atoms with E-state index < -0.39 is 0 Å². The molecule has 1 amide bonds. The minimum absolute atomic E-state index is 0.0467. The summed E-state index contributed by atoms with van der Waals surface area (Å²) in [6, 6.07) is 9.18. The van der Waals surface area contributed by atoms with Crippen molar-refractivity contribution in [3.05, 3.63) is 47.2 Å². The molecule has 0 atom stereocenters. The highest BCUT2D eigenvalue weighted by molar-refractivity contribution is 6.29. The van der Waals surface area contributed by atoms with Crippen LogP contribution in [0.3, 0.4) is 0 Å². The third-order valence-corrected chi connectivity index (χ3v) is 3.70. The van der Waals surface area contributed by atoms with Gasteiger partial charge in [0.05, 0.1) is 26.1 Å². The second kappa shape index (κ2) is 7.83. The Morgan fingerprint density at radius 1 is 1.17 bits per heavy atom. The first-order valence-corrected chi connectivity index (χ1v) is 7.53. The molecule has 0 aliphatic rings. The normalized spacial score (nSPS) is 10.3. The molecule has 0 aliphatic carbocycles. The van der Waals surface area contributed by atoms with Crippen molar-refractivity contribution in [3.63, 3.8) is 0 Å². The first-order chi connectivity index (χ1) is 11.0. The first kappa shape index (κ1) is 17.1. The Bertz CT molecular complexity index is 674. The summed E-state index contributed by atoms with van der Waals surface area (Å²) in [6.07, 6.45) is 2.28. The number of ether oxygens (including phenoxy) is 2. The van der Waals surface area contributed by atoms with E-state index in [4.69, 9.17) is 21.1 Å². The average Bonchev–Trinajstić information content (AvgIpc) is 2.56. The van der Waals surface area contributed by atoms with E-state index in [2.05, 4.69) is 4.98 Å². The van der Waals surface area contributed by atoms with Crippen LogP contribution in [-0.4, -0.2) is 31.7 Å². The Labute approximate surface area is 140 Å². The molecule has 0 unspecified atom stereocenters. The van der Waals surface area contributed by atoms with Crippen LogP contribution < -0.4 is 14.4 Å². The highest BCUT2D eigenvalue weighted by Crippen LogP contribution is 2.28. The summed E-state index contributed by atoms with van der Waals surface area (Å²) in [5.41, 5.74) is 1.78. The number of pyridine rings is 1. The minimum atomic E-state index is -0.0467. The lowest BCUT2D eigenvalue weighted by Gasteiger charge is -2.21. The summed E-state index contributed by atoms with van der Waals surface area (Å²) in [4.78, 5) is 17.6. The van der Waals surface area contributed by atoms with Gasteiger partial charge in [-0.15, -0.1) is 0 Å². The second-order valence-electron chi connectivity index (χ2n) is 4.95. The van der Waals surface area contributed by atoms with Gasteiger partial charge in [0.2, 0.25) is 5.91 Å². The summed E-state index contributed by atoms with van der Waals surface area (Å²) in [7, 11) is 3.20. The van der Waals surface area contributed by atoms with Gasteiger partial charge in [-0.2, -0.15) is 0 Å². The fourth-order valence-electron chi connectivity index (χ4n) is 2.27. The van der Waals surface area contributed by atoms with E-state index in [1.807, 2.05) is 18.2 Å². The number of carbonyl (C=O) groups excluding carboxylic acids is 1. The molecule has 1 aromatic carbocycles. The number of amides is 1. The molecule has 0 radical (unpaired) electrons. The van der Waals surface area contributed by atoms with E-state index in [-0.39, 0.29) is 5.91 Å². The Morgan fingerprint density at radius 3 is 2.48 bits per heavy atom. The summed E-state index contributed by atoms with van der Waals surface area (Å²) in [5, 5.41) is 0.400. The van der Waals surface area contributed by atoms with Gasteiger partial charge in [-0.1, -0.05) is 17.7 Å². The number of aromatic nitrogens is 1. The van der Waals surface area contributed by atoms with Crippen LogP contribution in [0.4, 0.5) is 5.69 Å². The first-order valence-electron chi connectivity index (χ1n) is 7.15. The fourth-order valence-corrected chi connectivity index (χ4v) is 2.38. The average molecular weight is 335 g/mol. The number of carbonyl (C=O) groups is 1. The molecule has 0 N–H and O–H groups in total. The third kappa shape index (κ3) is 4.36. The Hall–Kier alpha value is -2.27. The van der Waals surface area contributed by atoms with Crippen LogP contribution >= 0.6 is 11.6 Å². The number of anilines is 1. The van der Waals surface area contributed by atoms with E-state index in [0.717, 1.165) is 11.3 Å². The molecular formula is C17H19ClN2O3. The molecule has 0 fully saturated rings. The zero-order chi connectivity index (χ0) is 16.8. The number of hydrogen-bond acceptors (Lipinski definition) is 4. The van der Waals surface area contributed by atoms with Gasteiger partial charge in [-0.05, 0) is 36.2 Å². The van der Waals surface area contributed by atoms with Crippen LogP contribution in [-0.2, 0) is 11.2 Å². The molecule has 0 saturated carbocycles. The molecular weight excluding hydrogens is 316 g/mol. The molecule has 2 aromatic rings. The number of nitrogens with zero attached hydrogens (tertiary/aromatic N) is 2. The number of halogens is 1. The lowest BCUT2D eigenvalue weighted by molar-refractivity contribution is -0.116. The lowest BCUT2D eigenvalue weighted by Crippen LogP contribution is -2.30. The SMILES string of the molecule is COc1ccc(CCN(C(C)=O)c2ccc(Cl)nc2)cc1OC. The van der Waals surface area contributed by atoms with Crippen molar-refractivity contribution in [2.75, 3.05) is 25.7 Å². The van der Waals surface area contributed by atoms with Gasteiger partial charge < -0.3 is 14.4 Å². The molecule has 0 saturated heterocycles. The van der Waals surface area contributed by atoms with Gasteiger partial charge in [0.15, 0.2) is 11.5 Å². The number of rotatable bonds is 6. The molecule has 6 heteroatoms. The summed E-state index contributed by atoms with van der Waals surface area (Å²) in [5.74, 6) is 1.31. The molecule has 2 rings (SSSR count). The molecule has 23 heavy (non-hydrogen) atoms. The van der Waals surface area contributed by atoms with Crippen molar-refractivity contribution < 1.29 is 14.3 Å². The van der Waals surface area contributed by atoms with Crippen molar-refractivity contribution >= 4 is 23.2 Å². The maximum Gasteiger partial charge on any atom is 0.223 e. The van der Waals surface area contributed by atoms with Gasteiger partial charge in [-0.3, -0.25) is 4.79 Å². The predicted octanol–water partition coefficient (Wildman–Crippen LogP) is 3.35. The van der Waals surface area contributed by atoms with Crippen LogP contribution in [0.5, 0.6) is 11.5 Å². The monoisotopic (exact) mass is 334 g/mol. The smallest absolute Gasteiger partial charge is 0.223 e. The molecule has 122 valence electrons. The molecule has 0 bridgehead atoms. The van der Waals surface area contributed by atoms with Crippen molar-refractivity contribution in [1.82, 2.24) is 4.98 Å². The van der Waals surface area contributed by atoms with Crippen LogP contribution in [0.2, 0.25) is 5.15 Å². The molecule has 5 nitrogen and oxygen atoms in total.